The zero-order valence-electron chi connectivity index (χ0n) is 11.8. The van der Waals surface area contributed by atoms with E-state index in [0.29, 0.717) is 5.56 Å². The fourth-order valence-electron chi connectivity index (χ4n) is 2.45. The fourth-order valence-corrected chi connectivity index (χ4v) is 3.12. The summed E-state index contributed by atoms with van der Waals surface area (Å²) in [5.41, 5.74) is 1.30. The molecule has 0 spiro atoms. The highest BCUT2D eigenvalue weighted by atomic mass is 32.2. The van der Waals surface area contributed by atoms with Crippen LogP contribution in [0.4, 0.5) is 0 Å². The van der Waals surface area contributed by atoms with Gasteiger partial charge in [-0.05, 0) is 43.4 Å². The Balaban J connectivity index is 2.28. The molecule has 0 atom stereocenters. The van der Waals surface area contributed by atoms with Gasteiger partial charge in [-0.15, -0.1) is 0 Å². The molecule has 3 nitrogen and oxygen atoms in total. The minimum absolute atomic E-state index is 0.0302. The first-order valence-electron chi connectivity index (χ1n) is 7.02. The van der Waals surface area contributed by atoms with Crippen molar-refractivity contribution in [2.24, 2.45) is 0 Å². The zero-order chi connectivity index (χ0) is 14.6. The topological polar surface area (TPSA) is 51.2 Å². The van der Waals surface area contributed by atoms with Crippen molar-refractivity contribution >= 4 is 15.6 Å². The third kappa shape index (κ3) is 3.79. The van der Waals surface area contributed by atoms with E-state index in [1.54, 1.807) is 12.1 Å². The minimum Gasteiger partial charge on any atom is -0.289 e. The summed E-state index contributed by atoms with van der Waals surface area (Å²) >= 11 is 0. The molecule has 0 bridgehead atoms. The summed E-state index contributed by atoms with van der Waals surface area (Å²) in [6.45, 7) is 0. The predicted octanol–water partition coefficient (Wildman–Crippen LogP) is 3.55. The predicted molar refractivity (Wildman–Crippen MR) is 79.7 cm³/mol. The first-order valence-corrected chi connectivity index (χ1v) is 8.91. The Hall–Kier alpha value is -1.42. The van der Waals surface area contributed by atoms with Crippen molar-refractivity contribution in [3.8, 4) is 0 Å². The van der Waals surface area contributed by atoms with E-state index in [1.807, 2.05) is 6.08 Å². The van der Waals surface area contributed by atoms with Crippen molar-refractivity contribution in [1.29, 1.82) is 0 Å². The highest BCUT2D eigenvalue weighted by molar-refractivity contribution is 7.90. The lowest BCUT2D eigenvalue weighted by Crippen LogP contribution is -2.07. The third-order valence-corrected chi connectivity index (χ3v) is 4.72. The lowest BCUT2D eigenvalue weighted by molar-refractivity contribution is 0.102. The molecule has 0 aliphatic heterocycles. The van der Waals surface area contributed by atoms with Crippen LogP contribution in [0.25, 0.3) is 0 Å². The molecule has 0 aromatic heterocycles. The van der Waals surface area contributed by atoms with Crippen molar-refractivity contribution in [3.63, 3.8) is 0 Å². The first kappa shape index (κ1) is 15.0. The monoisotopic (exact) mass is 292 g/mol. The number of rotatable bonds is 3. The Labute approximate surface area is 120 Å². The number of ketones is 1. The maximum absolute atomic E-state index is 12.5. The fraction of sp³-hybridized carbons (Fsp3) is 0.438. The van der Waals surface area contributed by atoms with Crippen LogP contribution < -0.4 is 0 Å². The second kappa shape index (κ2) is 6.35. The molecule has 0 amide bonds. The van der Waals surface area contributed by atoms with Crippen LogP contribution in [0.1, 0.15) is 48.9 Å². The van der Waals surface area contributed by atoms with E-state index in [2.05, 4.69) is 0 Å². The largest absolute Gasteiger partial charge is 0.289 e. The van der Waals surface area contributed by atoms with E-state index >= 15 is 0 Å². The van der Waals surface area contributed by atoms with Gasteiger partial charge >= 0.3 is 0 Å². The summed E-state index contributed by atoms with van der Waals surface area (Å²) in [6.07, 6.45) is 9.45. The quantitative estimate of drug-likeness (QED) is 0.800. The molecule has 2 rings (SSSR count). The summed E-state index contributed by atoms with van der Waals surface area (Å²) in [5, 5.41) is 0. The molecule has 0 saturated heterocycles. The number of hydrogen-bond donors (Lipinski definition) is 0. The number of carbonyl (C=O) groups is 1. The molecule has 0 N–H and O–H groups in total. The van der Waals surface area contributed by atoms with E-state index in [4.69, 9.17) is 0 Å². The smallest absolute Gasteiger partial charge is 0.188 e. The molecular formula is C16H20O3S. The van der Waals surface area contributed by atoms with Gasteiger partial charge < -0.3 is 0 Å². The summed E-state index contributed by atoms with van der Waals surface area (Å²) < 4.78 is 23.1. The average Bonchev–Trinajstić information content (AvgIpc) is 2.37. The van der Waals surface area contributed by atoms with Gasteiger partial charge in [-0.1, -0.05) is 31.1 Å². The Kier molecular flexibility index (Phi) is 4.76. The van der Waals surface area contributed by atoms with Gasteiger partial charge in [0.2, 0.25) is 0 Å². The second-order valence-corrected chi connectivity index (χ2v) is 7.33. The van der Waals surface area contributed by atoms with E-state index < -0.39 is 9.84 Å². The standard InChI is InChI=1S/C16H20O3S/c1-20(18,19)15-11-7-10-14(12-15)16(17)13-8-5-3-2-4-6-9-13/h7-8,10-12H,2-6,9H2,1H3/b13-8+. The summed E-state index contributed by atoms with van der Waals surface area (Å²) in [4.78, 5) is 12.7. The molecule has 0 unspecified atom stereocenters. The van der Waals surface area contributed by atoms with Crippen LogP contribution in [-0.2, 0) is 9.84 Å². The molecule has 1 aliphatic rings. The maximum Gasteiger partial charge on any atom is 0.188 e. The molecular weight excluding hydrogens is 272 g/mol. The van der Waals surface area contributed by atoms with Gasteiger partial charge in [0.05, 0.1) is 4.90 Å². The SMILES string of the molecule is CS(=O)(=O)c1cccc(C(=O)/C2=C/CCCCCC2)c1. The van der Waals surface area contributed by atoms with Crippen molar-refractivity contribution in [2.75, 3.05) is 6.26 Å². The van der Waals surface area contributed by atoms with Gasteiger partial charge in [-0.3, -0.25) is 4.79 Å². The maximum atomic E-state index is 12.5. The Morgan fingerprint density at radius 3 is 2.60 bits per heavy atom. The van der Waals surface area contributed by atoms with Crippen molar-refractivity contribution in [3.05, 3.63) is 41.5 Å². The van der Waals surface area contributed by atoms with Gasteiger partial charge in [-0.25, -0.2) is 8.42 Å². The Morgan fingerprint density at radius 2 is 1.85 bits per heavy atom. The Bertz CT molecular complexity index is 627. The molecule has 0 fully saturated rings. The summed E-state index contributed by atoms with van der Waals surface area (Å²) in [6, 6.07) is 6.33. The highest BCUT2D eigenvalue weighted by Gasteiger charge is 2.15. The number of sulfone groups is 1. The van der Waals surface area contributed by atoms with Crippen LogP contribution in [0.2, 0.25) is 0 Å². The van der Waals surface area contributed by atoms with Gasteiger partial charge in [0, 0.05) is 11.8 Å². The molecule has 108 valence electrons. The average molecular weight is 292 g/mol. The lowest BCUT2D eigenvalue weighted by Gasteiger charge is -2.11. The number of allylic oxidation sites excluding steroid dienone is 2. The number of carbonyl (C=O) groups excluding carboxylic acids is 1. The molecule has 1 aromatic carbocycles. The van der Waals surface area contributed by atoms with Crippen LogP contribution in [0.15, 0.2) is 40.8 Å². The summed E-state index contributed by atoms with van der Waals surface area (Å²) in [7, 11) is -3.27. The van der Waals surface area contributed by atoms with Crippen LogP contribution in [0, 0.1) is 0 Å². The van der Waals surface area contributed by atoms with Crippen molar-refractivity contribution in [1.82, 2.24) is 0 Å². The number of Topliss-reactive ketones (excluding diaryl/α,β-unsaturated/α-hetero) is 1. The van der Waals surface area contributed by atoms with Gasteiger partial charge in [0.15, 0.2) is 15.6 Å². The highest BCUT2D eigenvalue weighted by Crippen LogP contribution is 2.22. The molecule has 0 saturated carbocycles. The van der Waals surface area contributed by atoms with Crippen LogP contribution in [0.3, 0.4) is 0 Å². The molecule has 0 heterocycles. The molecule has 20 heavy (non-hydrogen) atoms. The van der Waals surface area contributed by atoms with Crippen LogP contribution in [0.5, 0.6) is 0 Å². The lowest BCUT2D eigenvalue weighted by atomic mass is 9.94. The van der Waals surface area contributed by atoms with Crippen LogP contribution in [-0.4, -0.2) is 20.5 Å². The number of hydrogen-bond acceptors (Lipinski definition) is 3. The molecule has 0 radical (unpaired) electrons. The van der Waals surface area contributed by atoms with Gasteiger partial charge in [0.1, 0.15) is 0 Å². The van der Waals surface area contributed by atoms with E-state index in [-0.39, 0.29) is 10.7 Å². The zero-order valence-corrected chi connectivity index (χ0v) is 12.6. The van der Waals surface area contributed by atoms with Gasteiger partial charge in [-0.2, -0.15) is 0 Å². The number of benzene rings is 1. The van der Waals surface area contributed by atoms with Crippen molar-refractivity contribution in [2.45, 2.75) is 43.4 Å². The third-order valence-electron chi connectivity index (χ3n) is 3.61. The normalized spacial score (nSPS) is 19.6. The molecule has 1 aliphatic carbocycles. The first-order chi connectivity index (χ1) is 9.48. The van der Waals surface area contributed by atoms with Crippen molar-refractivity contribution < 1.29 is 13.2 Å². The van der Waals surface area contributed by atoms with E-state index in [9.17, 15) is 13.2 Å². The molecule has 1 aromatic rings. The van der Waals surface area contributed by atoms with E-state index in [1.165, 1.54) is 18.6 Å². The van der Waals surface area contributed by atoms with Gasteiger partial charge in [0.25, 0.3) is 0 Å². The van der Waals surface area contributed by atoms with E-state index in [0.717, 1.165) is 43.9 Å². The Morgan fingerprint density at radius 1 is 1.10 bits per heavy atom. The summed E-state index contributed by atoms with van der Waals surface area (Å²) in [5.74, 6) is -0.0302. The minimum atomic E-state index is -3.27. The molecule has 4 heteroatoms. The second-order valence-electron chi connectivity index (χ2n) is 5.31. The van der Waals surface area contributed by atoms with Crippen LogP contribution >= 0.6 is 0 Å².